The van der Waals surface area contributed by atoms with Gasteiger partial charge >= 0.3 is 0 Å². The van der Waals surface area contributed by atoms with Gasteiger partial charge in [-0.1, -0.05) is 17.7 Å². The van der Waals surface area contributed by atoms with Crippen LogP contribution in [0.1, 0.15) is 44.1 Å². The number of aromatic nitrogens is 1. The fourth-order valence-corrected chi connectivity index (χ4v) is 3.71. The molecule has 0 aromatic carbocycles. The average molecular weight is 365 g/mol. The highest BCUT2D eigenvalue weighted by molar-refractivity contribution is 7.88. The Bertz CT molecular complexity index is 687. The van der Waals surface area contributed by atoms with Crippen LogP contribution in [0, 0.1) is 0 Å². The van der Waals surface area contributed by atoms with Gasteiger partial charge in [-0.2, -0.15) is 0 Å². The molecule has 7 heteroatoms. The van der Waals surface area contributed by atoms with Gasteiger partial charge in [-0.15, -0.1) is 0 Å². The summed E-state index contributed by atoms with van der Waals surface area (Å²) in [6.45, 7) is 1.06. The van der Waals surface area contributed by atoms with Crippen LogP contribution in [0.4, 0.5) is 0 Å². The predicted molar refractivity (Wildman–Crippen MR) is 98.3 cm³/mol. The van der Waals surface area contributed by atoms with Crippen LogP contribution in [0.25, 0.3) is 0 Å². The van der Waals surface area contributed by atoms with E-state index in [9.17, 15) is 13.2 Å². The van der Waals surface area contributed by atoms with Gasteiger partial charge in [-0.25, -0.2) is 12.7 Å². The lowest BCUT2D eigenvalue weighted by Gasteiger charge is -2.21. The number of carbonyl (C=O) groups is 1. The summed E-state index contributed by atoms with van der Waals surface area (Å²) < 4.78 is 25.3. The first-order chi connectivity index (χ1) is 11.9. The van der Waals surface area contributed by atoms with Crippen molar-refractivity contribution in [2.24, 2.45) is 0 Å². The van der Waals surface area contributed by atoms with Crippen LogP contribution >= 0.6 is 0 Å². The molecule has 0 aliphatic heterocycles. The number of allylic oxidation sites excluding steroid dienone is 1. The predicted octanol–water partition coefficient (Wildman–Crippen LogP) is 2.24. The molecular weight excluding hydrogens is 338 g/mol. The molecule has 0 saturated heterocycles. The summed E-state index contributed by atoms with van der Waals surface area (Å²) in [7, 11) is -3.31. The number of pyridine rings is 1. The van der Waals surface area contributed by atoms with E-state index in [0.717, 1.165) is 24.8 Å². The molecule has 1 N–H and O–H groups in total. The van der Waals surface area contributed by atoms with Crippen molar-refractivity contribution < 1.29 is 13.2 Å². The summed E-state index contributed by atoms with van der Waals surface area (Å²) in [6.07, 6.45) is 12.3. The van der Waals surface area contributed by atoms with Gasteiger partial charge in [0.05, 0.1) is 6.26 Å². The second kappa shape index (κ2) is 9.68. The van der Waals surface area contributed by atoms with Crippen molar-refractivity contribution in [1.82, 2.24) is 14.6 Å². The van der Waals surface area contributed by atoms with Crippen LogP contribution in [0.3, 0.4) is 0 Å². The molecule has 1 aromatic rings. The zero-order valence-electron chi connectivity index (χ0n) is 14.8. The average Bonchev–Trinajstić information content (AvgIpc) is 2.60. The first-order valence-corrected chi connectivity index (χ1v) is 10.6. The minimum Gasteiger partial charge on any atom is -0.352 e. The number of carbonyl (C=O) groups excluding carboxylic acids is 1. The Hall–Kier alpha value is -1.73. The molecular formula is C18H27N3O3S. The normalized spacial score (nSPS) is 15.0. The molecule has 0 atom stereocenters. The zero-order chi connectivity index (χ0) is 18.1. The monoisotopic (exact) mass is 365 g/mol. The number of hydrogen-bond acceptors (Lipinski definition) is 4. The van der Waals surface area contributed by atoms with E-state index in [-0.39, 0.29) is 18.9 Å². The number of amides is 1. The molecule has 0 bridgehead atoms. The van der Waals surface area contributed by atoms with Gasteiger partial charge in [0.1, 0.15) is 0 Å². The van der Waals surface area contributed by atoms with E-state index in [2.05, 4.69) is 16.4 Å². The maximum Gasteiger partial charge on any atom is 0.221 e. The highest BCUT2D eigenvalue weighted by Crippen LogP contribution is 2.20. The summed E-state index contributed by atoms with van der Waals surface area (Å²) in [5, 5.41) is 2.80. The molecule has 1 aliphatic carbocycles. The second-order valence-electron chi connectivity index (χ2n) is 6.41. The number of sulfonamides is 1. The molecule has 1 heterocycles. The van der Waals surface area contributed by atoms with Crippen molar-refractivity contribution in [1.29, 1.82) is 0 Å². The van der Waals surface area contributed by atoms with E-state index < -0.39 is 10.0 Å². The van der Waals surface area contributed by atoms with E-state index in [4.69, 9.17) is 0 Å². The first-order valence-electron chi connectivity index (χ1n) is 8.74. The Morgan fingerprint density at radius 2 is 2.16 bits per heavy atom. The smallest absolute Gasteiger partial charge is 0.221 e. The standard InChI is InChI=1S/C18H27N3O3S/c1-25(23,24)21(12-9-16-6-3-2-4-7-16)13-10-18(22)20-15-17-8-5-11-19-14-17/h5-6,8,11,14H,2-4,7,9-10,12-13,15H2,1H3,(H,20,22). The highest BCUT2D eigenvalue weighted by atomic mass is 32.2. The van der Waals surface area contributed by atoms with E-state index in [1.807, 2.05) is 12.1 Å². The maximum absolute atomic E-state index is 12.0. The first kappa shape index (κ1) is 19.6. The third kappa shape index (κ3) is 7.36. The topological polar surface area (TPSA) is 79.4 Å². The SMILES string of the molecule is CS(=O)(=O)N(CCC(=O)NCc1cccnc1)CCC1=CCCCC1. The maximum atomic E-state index is 12.0. The molecule has 0 fully saturated rings. The van der Waals surface area contributed by atoms with Gasteiger partial charge in [0.2, 0.25) is 15.9 Å². The van der Waals surface area contributed by atoms with Crippen LogP contribution in [0.15, 0.2) is 36.2 Å². The summed E-state index contributed by atoms with van der Waals surface area (Å²) in [6, 6.07) is 3.70. The van der Waals surface area contributed by atoms with E-state index in [1.54, 1.807) is 12.4 Å². The quantitative estimate of drug-likeness (QED) is 0.681. The fourth-order valence-electron chi connectivity index (χ4n) is 2.86. The Balaban J connectivity index is 1.78. The van der Waals surface area contributed by atoms with Crippen LogP contribution in [-0.4, -0.2) is 43.0 Å². The van der Waals surface area contributed by atoms with Crippen molar-refractivity contribution in [3.8, 4) is 0 Å². The Morgan fingerprint density at radius 1 is 1.32 bits per heavy atom. The molecule has 1 aromatic heterocycles. The Morgan fingerprint density at radius 3 is 2.80 bits per heavy atom. The second-order valence-corrected chi connectivity index (χ2v) is 8.39. The number of nitrogens with one attached hydrogen (secondary N) is 1. The van der Waals surface area contributed by atoms with Crippen molar-refractivity contribution in [3.63, 3.8) is 0 Å². The van der Waals surface area contributed by atoms with Gasteiger partial charge in [-0.05, 0) is 43.7 Å². The van der Waals surface area contributed by atoms with Gasteiger partial charge in [0.15, 0.2) is 0 Å². The summed E-state index contributed by atoms with van der Waals surface area (Å²) >= 11 is 0. The third-order valence-electron chi connectivity index (χ3n) is 4.34. The summed E-state index contributed by atoms with van der Waals surface area (Å²) in [4.78, 5) is 16.0. The van der Waals surface area contributed by atoms with Gasteiger partial charge in [0.25, 0.3) is 0 Å². The van der Waals surface area contributed by atoms with Gasteiger partial charge in [-0.3, -0.25) is 9.78 Å². The van der Waals surface area contributed by atoms with Crippen LogP contribution in [0.5, 0.6) is 0 Å². The molecule has 0 unspecified atom stereocenters. The number of nitrogens with zero attached hydrogens (tertiary/aromatic N) is 2. The van der Waals surface area contributed by atoms with E-state index in [0.29, 0.717) is 13.1 Å². The molecule has 0 saturated carbocycles. The van der Waals surface area contributed by atoms with Crippen LogP contribution in [-0.2, 0) is 21.4 Å². The molecule has 0 spiro atoms. The van der Waals surface area contributed by atoms with Gasteiger partial charge in [0, 0.05) is 38.4 Å². The Kier molecular flexibility index (Phi) is 7.58. The van der Waals surface area contributed by atoms with Crippen LogP contribution in [0.2, 0.25) is 0 Å². The highest BCUT2D eigenvalue weighted by Gasteiger charge is 2.18. The zero-order valence-corrected chi connectivity index (χ0v) is 15.6. The summed E-state index contributed by atoms with van der Waals surface area (Å²) in [5.41, 5.74) is 2.25. The minimum absolute atomic E-state index is 0.158. The largest absolute Gasteiger partial charge is 0.352 e. The van der Waals surface area contributed by atoms with Crippen molar-refractivity contribution >= 4 is 15.9 Å². The molecule has 138 valence electrons. The number of rotatable bonds is 9. The molecule has 25 heavy (non-hydrogen) atoms. The lowest BCUT2D eigenvalue weighted by Crippen LogP contribution is -2.35. The van der Waals surface area contributed by atoms with Crippen molar-refractivity contribution in [2.75, 3.05) is 19.3 Å². The molecule has 1 aliphatic rings. The van der Waals surface area contributed by atoms with Crippen molar-refractivity contribution in [3.05, 3.63) is 41.7 Å². The fraction of sp³-hybridized carbons (Fsp3) is 0.556. The molecule has 0 radical (unpaired) electrons. The van der Waals surface area contributed by atoms with E-state index in [1.165, 1.54) is 29.0 Å². The molecule has 1 amide bonds. The lowest BCUT2D eigenvalue weighted by atomic mass is 9.97. The summed E-state index contributed by atoms with van der Waals surface area (Å²) in [5.74, 6) is -0.158. The van der Waals surface area contributed by atoms with E-state index >= 15 is 0 Å². The van der Waals surface area contributed by atoms with Crippen LogP contribution < -0.4 is 5.32 Å². The van der Waals surface area contributed by atoms with Gasteiger partial charge < -0.3 is 5.32 Å². The number of hydrogen-bond donors (Lipinski definition) is 1. The van der Waals surface area contributed by atoms with Crippen molar-refractivity contribution in [2.45, 2.75) is 45.1 Å². The lowest BCUT2D eigenvalue weighted by molar-refractivity contribution is -0.121. The molecule has 2 rings (SSSR count). The third-order valence-corrected chi connectivity index (χ3v) is 5.64. The Labute approximate surface area is 150 Å². The minimum atomic E-state index is -3.31. The molecule has 6 nitrogen and oxygen atoms in total.